The number of hydrogen-bond acceptors (Lipinski definition) is 8. The van der Waals surface area contributed by atoms with Crippen molar-refractivity contribution in [3.05, 3.63) is 59.4 Å². The standard InChI is InChI=1S/C23H25N7S/c24-20-16-4-2-1-3-15(16)13-23(20)7-11-30(12-8-23)22-27-14-19(28-29-22)31-18-6-10-26-21-17(18)5-9-25-21/h1-4,6,10,14,20H,5,7-9,11-13,24H2,(H,25,26)/t20-/m1/s1. The van der Waals surface area contributed by atoms with Crippen LogP contribution in [0.25, 0.3) is 0 Å². The molecule has 1 fully saturated rings. The predicted molar refractivity (Wildman–Crippen MR) is 121 cm³/mol. The molecule has 0 saturated carbocycles. The van der Waals surface area contributed by atoms with E-state index in [2.05, 4.69) is 54.6 Å². The summed E-state index contributed by atoms with van der Waals surface area (Å²) in [5.74, 6) is 1.70. The summed E-state index contributed by atoms with van der Waals surface area (Å²) < 4.78 is 0. The van der Waals surface area contributed by atoms with Gasteiger partial charge in [-0.05, 0) is 48.3 Å². The van der Waals surface area contributed by atoms with Crippen molar-refractivity contribution in [2.75, 3.05) is 29.9 Å². The summed E-state index contributed by atoms with van der Waals surface area (Å²) in [4.78, 5) is 12.4. The zero-order valence-corrected chi connectivity index (χ0v) is 18.1. The number of nitrogens with zero attached hydrogens (tertiary/aromatic N) is 5. The number of piperidine rings is 1. The monoisotopic (exact) mass is 431 g/mol. The van der Waals surface area contributed by atoms with Crippen LogP contribution in [0.15, 0.2) is 52.6 Å². The topological polar surface area (TPSA) is 92.8 Å². The van der Waals surface area contributed by atoms with Crippen LogP contribution >= 0.6 is 11.8 Å². The maximum absolute atomic E-state index is 6.70. The maximum atomic E-state index is 6.70. The Labute approximate surface area is 185 Å². The van der Waals surface area contributed by atoms with Gasteiger partial charge in [0, 0.05) is 42.3 Å². The van der Waals surface area contributed by atoms with Crippen LogP contribution in [0, 0.1) is 5.41 Å². The zero-order chi connectivity index (χ0) is 20.8. The molecule has 1 saturated heterocycles. The molecule has 8 heteroatoms. The van der Waals surface area contributed by atoms with Crippen molar-refractivity contribution in [3.63, 3.8) is 0 Å². The highest BCUT2D eigenvalue weighted by molar-refractivity contribution is 7.99. The Morgan fingerprint density at radius 2 is 1.97 bits per heavy atom. The molecule has 1 aromatic carbocycles. The summed E-state index contributed by atoms with van der Waals surface area (Å²) in [6, 6.07) is 10.8. The highest BCUT2D eigenvalue weighted by atomic mass is 32.2. The molecule has 7 nitrogen and oxygen atoms in total. The Morgan fingerprint density at radius 1 is 1.10 bits per heavy atom. The number of fused-ring (bicyclic) bond motifs is 2. The lowest BCUT2D eigenvalue weighted by atomic mass is 9.73. The first-order valence-electron chi connectivity index (χ1n) is 10.9. The molecule has 2 aromatic heterocycles. The van der Waals surface area contributed by atoms with Gasteiger partial charge in [0.25, 0.3) is 0 Å². The molecule has 0 bridgehead atoms. The second kappa shape index (κ2) is 7.46. The fraction of sp³-hybridized carbons (Fsp3) is 0.391. The first-order valence-corrected chi connectivity index (χ1v) is 11.7. The number of nitrogens with two attached hydrogens (primary N) is 1. The molecule has 6 rings (SSSR count). The van der Waals surface area contributed by atoms with Gasteiger partial charge < -0.3 is 16.0 Å². The van der Waals surface area contributed by atoms with Crippen LogP contribution in [-0.2, 0) is 12.8 Å². The number of pyridine rings is 1. The molecule has 0 amide bonds. The summed E-state index contributed by atoms with van der Waals surface area (Å²) in [6.45, 7) is 2.77. The molecule has 4 heterocycles. The molecule has 2 aliphatic heterocycles. The van der Waals surface area contributed by atoms with E-state index < -0.39 is 0 Å². The minimum absolute atomic E-state index is 0.125. The fourth-order valence-electron chi connectivity index (χ4n) is 5.29. The first-order chi connectivity index (χ1) is 15.2. The average Bonchev–Trinajstić information content (AvgIpc) is 3.39. The number of nitrogens with one attached hydrogen (secondary N) is 1. The summed E-state index contributed by atoms with van der Waals surface area (Å²) in [6.07, 6.45) is 7.86. The molecule has 0 unspecified atom stereocenters. The molecule has 31 heavy (non-hydrogen) atoms. The maximum Gasteiger partial charge on any atom is 0.245 e. The minimum Gasteiger partial charge on any atom is -0.369 e. The molecule has 3 aromatic rings. The Kier molecular flexibility index (Phi) is 4.57. The third kappa shape index (κ3) is 3.25. The third-order valence-electron chi connectivity index (χ3n) is 7.06. The van der Waals surface area contributed by atoms with Gasteiger partial charge in [0.05, 0.1) is 6.20 Å². The smallest absolute Gasteiger partial charge is 0.245 e. The van der Waals surface area contributed by atoms with Gasteiger partial charge in [-0.1, -0.05) is 36.0 Å². The van der Waals surface area contributed by atoms with Gasteiger partial charge in [0.1, 0.15) is 10.8 Å². The molecular weight excluding hydrogens is 406 g/mol. The number of rotatable bonds is 3. The van der Waals surface area contributed by atoms with E-state index in [9.17, 15) is 0 Å². The van der Waals surface area contributed by atoms with Crippen LogP contribution in [0.3, 0.4) is 0 Å². The van der Waals surface area contributed by atoms with Crippen molar-refractivity contribution in [2.45, 2.75) is 41.6 Å². The predicted octanol–water partition coefficient (Wildman–Crippen LogP) is 3.23. The van der Waals surface area contributed by atoms with Crippen LogP contribution in [-0.4, -0.2) is 39.8 Å². The van der Waals surface area contributed by atoms with E-state index in [-0.39, 0.29) is 11.5 Å². The van der Waals surface area contributed by atoms with Crippen molar-refractivity contribution in [3.8, 4) is 0 Å². The largest absolute Gasteiger partial charge is 0.369 e. The minimum atomic E-state index is 0.125. The van der Waals surface area contributed by atoms with Gasteiger partial charge in [-0.3, -0.25) is 0 Å². The SMILES string of the molecule is N[C@@H]1c2ccccc2CC12CCN(c1ncc(Sc3ccnc4c3CCN4)nn1)CC2. The third-order valence-corrected chi connectivity index (χ3v) is 8.06. The van der Waals surface area contributed by atoms with Gasteiger partial charge in [-0.15, -0.1) is 10.2 Å². The summed E-state index contributed by atoms with van der Waals surface area (Å²) in [7, 11) is 0. The lowest BCUT2D eigenvalue weighted by Gasteiger charge is -2.42. The molecule has 158 valence electrons. The van der Waals surface area contributed by atoms with E-state index >= 15 is 0 Å². The molecule has 1 aliphatic carbocycles. The zero-order valence-electron chi connectivity index (χ0n) is 17.3. The molecule has 1 atom stereocenters. The van der Waals surface area contributed by atoms with E-state index in [4.69, 9.17) is 5.73 Å². The quantitative estimate of drug-likeness (QED) is 0.653. The van der Waals surface area contributed by atoms with Crippen LogP contribution < -0.4 is 16.0 Å². The molecule has 3 aliphatic rings. The molecule has 1 spiro atoms. The second-order valence-corrected chi connectivity index (χ2v) is 9.78. The van der Waals surface area contributed by atoms with E-state index in [0.29, 0.717) is 5.95 Å². The van der Waals surface area contributed by atoms with Crippen LogP contribution in [0.1, 0.15) is 35.6 Å². The van der Waals surface area contributed by atoms with Gasteiger partial charge in [0.15, 0.2) is 0 Å². The number of aromatic nitrogens is 4. The van der Waals surface area contributed by atoms with E-state index in [1.807, 2.05) is 18.5 Å². The Bertz CT molecular complexity index is 1110. The van der Waals surface area contributed by atoms with E-state index in [1.165, 1.54) is 21.6 Å². The Hall–Kier alpha value is -2.71. The van der Waals surface area contributed by atoms with Gasteiger partial charge in [-0.25, -0.2) is 9.97 Å². The summed E-state index contributed by atoms with van der Waals surface area (Å²) >= 11 is 1.61. The van der Waals surface area contributed by atoms with Crippen LogP contribution in [0.4, 0.5) is 11.8 Å². The highest BCUT2D eigenvalue weighted by Crippen LogP contribution is 2.50. The van der Waals surface area contributed by atoms with Crippen molar-refractivity contribution in [2.24, 2.45) is 11.1 Å². The average molecular weight is 432 g/mol. The molecular formula is C23H25N7S. The summed E-state index contributed by atoms with van der Waals surface area (Å²) in [5, 5.41) is 13.0. The van der Waals surface area contributed by atoms with Crippen molar-refractivity contribution >= 4 is 23.5 Å². The van der Waals surface area contributed by atoms with E-state index in [0.717, 1.165) is 56.2 Å². The van der Waals surface area contributed by atoms with Crippen molar-refractivity contribution < 1.29 is 0 Å². The Balaban J connectivity index is 1.13. The van der Waals surface area contributed by atoms with Gasteiger partial charge in [0.2, 0.25) is 5.95 Å². The Morgan fingerprint density at radius 3 is 2.77 bits per heavy atom. The van der Waals surface area contributed by atoms with E-state index in [1.54, 1.807) is 11.8 Å². The van der Waals surface area contributed by atoms with Gasteiger partial charge in [-0.2, -0.15) is 0 Å². The number of hydrogen-bond donors (Lipinski definition) is 2. The lowest BCUT2D eigenvalue weighted by Crippen LogP contribution is -2.45. The van der Waals surface area contributed by atoms with Crippen LogP contribution in [0.2, 0.25) is 0 Å². The normalized spacial score (nSPS) is 21.1. The molecule has 0 radical (unpaired) electrons. The number of anilines is 2. The summed E-state index contributed by atoms with van der Waals surface area (Å²) in [5.41, 5.74) is 10.9. The fourth-order valence-corrected chi connectivity index (χ4v) is 6.15. The lowest BCUT2D eigenvalue weighted by molar-refractivity contribution is 0.186. The first kappa shape index (κ1) is 19.0. The van der Waals surface area contributed by atoms with Crippen molar-refractivity contribution in [1.82, 2.24) is 20.2 Å². The van der Waals surface area contributed by atoms with Crippen molar-refractivity contribution in [1.29, 1.82) is 0 Å². The molecule has 3 N–H and O–H groups in total. The van der Waals surface area contributed by atoms with Crippen LogP contribution in [0.5, 0.6) is 0 Å². The second-order valence-electron chi connectivity index (χ2n) is 8.71. The highest BCUT2D eigenvalue weighted by Gasteiger charge is 2.46. The van der Waals surface area contributed by atoms with Gasteiger partial charge >= 0.3 is 0 Å². The number of benzene rings is 1.